The summed E-state index contributed by atoms with van der Waals surface area (Å²) in [5.41, 5.74) is 1.49. The molecule has 1 N–H and O–H groups in total. The molecule has 0 radical (unpaired) electrons. The molecule has 1 atom stereocenters. The Labute approximate surface area is 158 Å². The van der Waals surface area contributed by atoms with E-state index in [2.05, 4.69) is 10.3 Å². The minimum Gasteiger partial charge on any atom is -0.352 e. The van der Waals surface area contributed by atoms with E-state index in [9.17, 15) is 9.59 Å². The van der Waals surface area contributed by atoms with Crippen molar-refractivity contribution in [3.8, 4) is 0 Å². The lowest BCUT2D eigenvalue weighted by atomic mass is 9.99. The Hall–Kier alpha value is -2.21. The van der Waals surface area contributed by atoms with Crippen LogP contribution in [0.5, 0.6) is 0 Å². The molecular weight excluding hydrogens is 346 g/mol. The number of benzene rings is 1. The molecule has 1 saturated heterocycles. The summed E-state index contributed by atoms with van der Waals surface area (Å²) in [4.78, 5) is 32.3. The molecule has 1 aliphatic rings. The number of piperidine rings is 1. The molecule has 0 unspecified atom stereocenters. The first-order chi connectivity index (χ1) is 12.6. The lowest BCUT2D eigenvalue weighted by Gasteiger charge is -2.35. The number of amides is 2. The van der Waals surface area contributed by atoms with Crippen molar-refractivity contribution in [1.82, 2.24) is 15.2 Å². The number of likely N-dealkylation sites (tertiary alicyclic amines) is 1. The van der Waals surface area contributed by atoms with Gasteiger partial charge in [0.1, 0.15) is 4.88 Å². The number of carbonyl (C=O) groups excluding carboxylic acids is 2. The van der Waals surface area contributed by atoms with E-state index < -0.39 is 0 Å². The summed E-state index contributed by atoms with van der Waals surface area (Å²) in [6.07, 6.45) is 3.93. The van der Waals surface area contributed by atoms with E-state index in [0.29, 0.717) is 12.1 Å². The first-order valence-electron chi connectivity index (χ1n) is 9.14. The third-order valence-electron chi connectivity index (χ3n) is 4.78. The van der Waals surface area contributed by atoms with E-state index >= 15 is 0 Å². The molecule has 2 aromatic rings. The highest BCUT2D eigenvalue weighted by Crippen LogP contribution is 2.25. The minimum atomic E-state index is -0.0618. The Morgan fingerprint density at radius 3 is 2.69 bits per heavy atom. The van der Waals surface area contributed by atoms with Gasteiger partial charge in [-0.2, -0.15) is 0 Å². The fourth-order valence-corrected chi connectivity index (χ4v) is 4.35. The summed E-state index contributed by atoms with van der Waals surface area (Å²) in [7, 11) is 0. The number of nitrogens with zero attached hydrogens (tertiary/aromatic N) is 2. The molecule has 0 aliphatic carbocycles. The van der Waals surface area contributed by atoms with Gasteiger partial charge in [0.05, 0.1) is 10.7 Å². The summed E-state index contributed by atoms with van der Waals surface area (Å²) in [5, 5.41) is 3.90. The predicted octanol–water partition coefficient (Wildman–Crippen LogP) is 3.57. The zero-order chi connectivity index (χ0) is 18.5. The van der Waals surface area contributed by atoms with Crippen molar-refractivity contribution in [2.24, 2.45) is 0 Å². The molecule has 3 rings (SSSR count). The second-order valence-corrected chi connectivity index (χ2v) is 7.91. The van der Waals surface area contributed by atoms with Crippen LogP contribution in [0.25, 0.3) is 0 Å². The van der Waals surface area contributed by atoms with Crippen molar-refractivity contribution in [3.63, 3.8) is 0 Å². The van der Waals surface area contributed by atoms with E-state index in [1.165, 1.54) is 11.3 Å². The van der Waals surface area contributed by atoms with Crippen LogP contribution in [0.2, 0.25) is 0 Å². The first-order valence-corrected chi connectivity index (χ1v) is 9.96. The zero-order valence-electron chi connectivity index (χ0n) is 15.3. The number of nitrogens with one attached hydrogen (secondary N) is 1. The number of carbonyl (C=O) groups is 2. The van der Waals surface area contributed by atoms with Crippen molar-refractivity contribution in [2.45, 2.75) is 45.6 Å². The number of hydrogen-bond acceptors (Lipinski definition) is 4. The lowest BCUT2D eigenvalue weighted by Crippen LogP contribution is -2.45. The van der Waals surface area contributed by atoms with E-state index in [4.69, 9.17) is 0 Å². The van der Waals surface area contributed by atoms with Crippen LogP contribution in [0.1, 0.15) is 56.4 Å². The number of aromatic nitrogens is 1. The van der Waals surface area contributed by atoms with Crippen molar-refractivity contribution in [1.29, 1.82) is 0 Å². The second-order valence-electron chi connectivity index (χ2n) is 6.71. The van der Waals surface area contributed by atoms with E-state index in [1.807, 2.05) is 36.9 Å². The number of aryl methyl sites for hydroxylation is 2. The van der Waals surface area contributed by atoms with Gasteiger partial charge in [0.15, 0.2) is 0 Å². The van der Waals surface area contributed by atoms with E-state index in [0.717, 1.165) is 47.8 Å². The maximum Gasteiger partial charge on any atom is 0.266 e. The Kier molecular flexibility index (Phi) is 6.04. The molecule has 1 aliphatic heterocycles. The first kappa shape index (κ1) is 18.6. The Bertz CT molecular complexity index is 773. The van der Waals surface area contributed by atoms with Crippen LogP contribution < -0.4 is 5.32 Å². The molecule has 2 amide bonds. The van der Waals surface area contributed by atoms with Crippen LogP contribution in [-0.2, 0) is 0 Å². The molecule has 138 valence electrons. The maximum absolute atomic E-state index is 13.0. The lowest BCUT2D eigenvalue weighted by molar-refractivity contribution is 0.0605. The number of thiazole rings is 1. The van der Waals surface area contributed by atoms with Gasteiger partial charge >= 0.3 is 0 Å². The predicted molar refractivity (Wildman–Crippen MR) is 104 cm³/mol. The molecular formula is C20H25N3O2S. The van der Waals surface area contributed by atoms with Crippen LogP contribution in [0, 0.1) is 13.8 Å². The standard InChI is InChI=1S/C20H25N3O2S/c1-14-18(26-15(2)22-14)20(25)23-13-7-6-10-17(23)11-12-21-19(24)16-8-4-3-5-9-16/h3-5,8-9,17H,6-7,10-13H2,1-2H3,(H,21,24)/t17-/m1/s1. The van der Waals surface area contributed by atoms with Gasteiger partial charge in [-0.05, 0) is 51.7 Å². The molecule has 0 spiro atoms. The highest BCUT2D eigenvalue weighted by molar-refractivity contribution is 7.13. The third-order valence-corrected chi connectivity index (χ3v) is 5.85. The highest BCUT2D eigenvalue weighted by atomic mass is 32.1. The Morgan fingerprint density at radius 1 is 1.23 bits per heavy atom. The van der Waals surface area contributed by atoms with Crippen LogP contribution in [0.4, 0.5) is 0 Å². The Balaban J connectivity index is 1.59. The van der Waals surface area contributed by atoms with Crippen molar-refractivity contribution in [3.05, 3.63) is 51.5 Å². The molecule has 5 nitrogen and oxygen atoms in total. The molecule has 2 heterocycles. The van der Waals surface area contributed by atoms with Gasteiger partial charge in [-0.3, -0.25) is 9.59 Å². The van der Waals surface area contributed by atoms with Crippen LogP contribution >= 0.6 is 11.3 Å². The monoisotopic (exact) mass is 371 g/mol. The minimum absolute atomic E-state index is 0.0618. The average molecular weight is 372 g/mol. The summed E-state index contributed by atoms with van der Waals surface area (Å²) in [6.45, 7) is 5.19. The number of hydrogen-bond donors (Lipinski definition) is 1. The van der Waals surface area contributed by atoms with Gasteiger partial charge in [0.2, 0.25) is 0 Å². The molecule has 1 aromatic carbocycles. The van der Waals surface area contributed by atoms with Crippen LogP contribution in [-0.4, -0.2) is 40.8 Å². The quantitative estimate of drug-likeness (QED) is 0.874. The van der Waals surface area contributed by atoms with Crippen molar-refractivity contribution >= 4 is 23.2 Å². The normalized spacial score (nSPS) is 17.2. The second kappa shape index (κ2) is 8.45. The van der Waals surface area contributed by atoms with Crippen LogP contribution in [0.15, 0.2) is 30.3 Å². The largest absolute Gasteiger partial charge is 0.352 e. The zero-order valence-corrected chi connectivity index (χ0v) is 16.1. The fourth-order valence-electron chi connectivity index (χ4n) is 3.47. The maximum atomic E-state index is 13.0. The topological polar surface area (TPSA) is 62.3 Å². The van der Waals surface area contributed by atoms with Gasteiger partial charge in [0, 0.05) is 24.7 Å². The van der Waals surface area contributed by atoms with Gasteiger partial charge in [-0.15, -0.1) is 11.3 Å². The number of rotatable bonds is 5. The van der Waals surface area contributed by atoms with Crippen molar-refractivity contribution < 1.29 is 9.59 Å². The van der Waals surface area contributed by atoms with Gasteiger partial charge in [-0.1, -0.05) is 18.2 Å². The molecule has 0 bridgehead atoms. The van der Waals surface area contributed by atoms with E-state index in [-0.39, 0.29) is 17.9 Å². The van der Waals surface area contributed by atoms with Crippen LogP contribution in [0.3, 0.4) is 0 Å². The molecule has 1 aromatic heterocycles. The van der Waals surface area contributed by atoms with Gasteiger partial charge in [0.25, 0.3) is 11.8 Å². The molecule has 0 saturated carbocycles. The van der Waals surface area contributed by atoms with E-state index in [1.54, 1.807) is 12.1 Å². The molecule has 6 heteroatoms. The summed E-state index contributed by atoms with van der Waals surface area (Å²) in [5.74, 6) is 0.0281. The Morgan fingerprint density at radius 2 is 2.00 bits per heavy atom. The fraction of sp³-hybridized carbons (Fsp3) is 0.450. The van der Waals surface area contributed by atoms with Crippen molar-refractivity contribution in [2.75, 3.05) is 13.1 Å². The summed E-state index contributed by atoms with van der Waals surface area (Å²) in [6, 6.07) is 9.40. The summed E-state index contributed by atoms with van der Waals surface area (Å²) >= 11 is 1.47. The highest BCUT2D eigenvalue weighted by Gasteiger charge is 2.29. The van der Waals surface area contributed by atoms with Gasteiger partial charge in [-0.25, -0.2) is 4.98 Å². The molecule has 1 fully saturated rings. The summed E-state index contributed by atoms with van der Waals surface area (Å²) < 4.78 is 0. The SMILES string of the molecule is Cc1nc(C)c(C(=O)N2CCCC[C@@H]2CCNC(=O)c2ccccc2)s1. The molecule has 26 heavy (non-hydrogen) atoms. The van der Waals surface area contributed by atoms with Gasteiger partial charge < -0.3 is 10.2 Å². The third kappa shape index (κ3) is 4.30. The average Bonchev–Trinajstić information content (AvgIpc) is 3.00. The smallest absolute Gasteiger partial charge is 0.266 e.